The van der Waals surface area contributed by atoms with Crippen molar-refractivity contribution in [1.29, 1.82) is 0 Å². The third-order valence-electron chi connectivity index (χ3n) is 4.76. The van der Waals surface area contributed by atoms with Gasteiger partial charge in [-0.15, -0.1) is 0 Å². The number of benzene rings is 3. The summed E-state index contributed by atoms with van der Waals surface area (Å²) in [5, 5.41) is 7.49. The first kappa shape index (κ1) is 19.9. The molecule has 3 aromatic carbocycles. The Kier molecular flexibility index (Phi) is 5.91. The summed E-state index contributed by atoms with van der Waals surface area (Å²) in [6.45, 7) is 1.92. The molecule has 1 amide bonds. The largest absolute Gasteiger partial charge is 0.339 e. The lowest BCUT2D eigenvalue weighted by molar-refractivity contribution is -0.116. The minimum atomic E-state index is -0.132. The van der Waals surface area contributed by atoms with Crippen LogP contribution in [0.4, 0.5) is 5.69 Å². The van der Waals surface area contributed by atoms with Crippen LogP contribution in [-0.4, -0.2) is 16.0 Å². The molecule has 0 fully saturated rings. The molecule has 0 aliphatic heterocycles. The minimum absolute atomic E-state index is 0.132. The van der Waals surface area contributed by atoms with Gasteiger partial charge in [0.1, 0.15) is 0 Å². The van der Waals surface area contributed by atoms with Crippen LogP contribution < -0.4 is 5.32 Å². The summed E-state index contributed by atoms with van der Waals surface area (Å²) in [7, 11) is 0. The number of nitrogens with one attached hydrogen (secondary N) is 1. The Bertz CT molecular complexity index is 1150. The molecule has 0 bridgehead atoms. The van der Waals surface area contributed by atoms with Gasteiger partial charge in [-0.1, -0.05) is 77.4 Å². The molecule has 0 unspecified atom stereocenters. The molecule has 0 atom stereocenters. The lowest BCUT2D eigenvalue weighted by Crippen LogP contribution is -2.13. The quantitative estimate of drug-likeness (QED) is 0.421. The van der Waals surface area contributed by atoms with Gasteiger partial charge in [-0.2, -0.15) is 4.98 Å². The van der Waals surface area contributed by atoms with Crippen LogP contribution in [0.3, 0.4) is 0 Å². The maximum absolute atomic E-state index is 12.3. The molecule has 0 radical (unpaired) electrons. The molecule has 0 saturated carbocycles. The second-order valence-electron chi connectivity index (χ2n) is 6.96. The van der Waals surface area contributed by atoms with Crippen LogP contribution in [0.1, 0.15) is 17.9 Å². The van der Waals surface area contributed by atoms with Crippen molar-refractivity contribution in [3.8, 4) is 22.5 Å². The Balaban J connectivity index is 1.37. The molecule has 1 aromatic heterocycles. The highest BCUT2D eigenvalue weighted by atomic mass is 35.5. The van der Waals surface area contributed by atoms with Crippen LogP contribution in [-0.2, 0) is 11.2 Å². The summed E-state index contributed by atoms with van der Waals surface area (Å²) in [5.41, 5.74) is 4.79. The maximum Gasteiger partial charge on any atom is 0.227 e. The first-order valence-electron chi connectivity index (χ1n) is 9.63. The number of hydrogen-bond acceptors (Lipinski definition) is 4. The number of carbonyl (C=O) groups is 1. The van der Waals surface area contributed by atoms with Gasteiger partial charge in [0, 0.05) is 29.1 Å². The van der Waals surface area contributed by atoms with Crippen molar-refractivity contribution >= 4 is 23.2 Å². The molecule has 150 valence electrons. The van der Waals surface area contributed by atoms with Crippen molar-refractivity contribution in [2.75, 3.05) is 5.32 Å². The van der Waals surface area contributed by atoms with Gasteiger partial charge >= 0.3 is 0 Å². The van der Waals surface area contributed by atoms with Gasteiger partial charge in [0.25, 0.3) is 0 Å². The molecular weight excluding hydrogens is 398 g/mol. The van der Waals surface area contributed by atoms with E-state index in [1.807, 2.05) is 55.5 Å². The Morgan fingerprint density at radius 3 is 2.43 bits per heavy atom. The van der Waals surface area contributed by atoms with Crippen LogP contribution in [0.15, 0.2) is 77.3 Å². The maximum atomic E-state index is 12.3. The predicted molar refractivity (Wildman–Crippen MR) is 118 cm³/mol. The van der Waals surface area contributed by atoms with Gasteiger partial charge in [-0.25, -0.2) is 0 Å². The summed E-state index contributed by atoms with van der Waals surface area (Å²) < 4.78 is 5.32. The fourth-order valence-electron chi connectivity index (χ4n) is 3.08. The lowest BCUT2D eigenvalue weighted by atomic mass is 10.0. The van der Waals surface area contributed by atoms with Gasteiger partial charge in [0.15, 0.2) is 0 Å². The number of aryl methyl sites for hydroxylation is 2. The highest BCUT2D eigenvalue weighted by Crippen LogP contribution is 2.24. The van der Waals surface area contributed by atoms with E-state index >= 15 is 0 Å². The van der Waals surface area contributed by atoms with Crippen molar-refractivity contribution in [3.05, 3.63) is 89.3 Å². The molecule has 0 aliphatic rings. The number of anilines is 1. The number of hydrogen-bond donors (Lipinski definition) is 1. The van der Waals surface area contributed by atoms with Crippen molar-refractivity contribution in [2.45, 2.75) is 19.8 Å². The van der Waals surface area contributed by atoms with E-state index in [-0.39, 0.29) is 12.3 Å². The molecule has 0 spiro atoms. The zero-order valence-electron chi connectivity index (χ0n) is 16.4. The monoisotopic (exact) mass is 417 g/mol. The Labute approximate surface area is 179 Å². The van der Waals surface area contributed by atoms with E-state index in [9.17, 15) is 4.79 Å². The Morgan fingerprint density at radius 1 is 0.967 bits per heavy atom. The number of nitrogens with zero attached hydrogens (tertiary/aromatic N) is 2. The van der Waals surface area contributed by atoms with Crippen LogP contribution in [0.2, 0.25) is 5.02 Å². The van der Waals surface area contributed by atoms with Crippen molar-refractivity contribution in [2.24, 2.45) is 0 Å². The zero-order chi connectivity index (χ0) is 20.9. The number of carbonyl (C=O) groups excluding carboxylic acids is 1. The molecule has 0 saturated heterocycles. The first-order valence-corrected chi connectivity index (χ1v) is 10.0. The van der Waals surface area contributed by atoms with Gasteiger partial charge in [0.2, 0.25) is 17.6 Å². The highest BCUT2D eigenvalue weighted by molar-refractivity contribution is 6.31. The fourth-order valence-corrected chi connectivity index (χ4v) is 3.25. The van der Waals surface area contributed by atoms with E-state index in [0.29, 0.717) is 28.8 Å². The SMILES string of the molecule is Cc1ccc(Cl)cc1NC(=O)CCc1nc(-c2ccc(-c3ccccc3)cc2)no1. The normalized spacial score (nSPS) is 10.7. The van der Waals surface area contributed by atoms with E-state index in [2.05, 4.69) is 27.6 Å². The molecule has 4 rings (SSSR count). The summed E-state index contributed by atoms with van der Waals surface area (Å²) in [6, 6.07) is 23.5. The van der Waals surface area contributed by atoms with E-state index in [0.717, 1.165) is 22.3 Å². The Morgan fingerprint density at radius 2 is 1.67 bits per heavy atom. The number of aromatic nitrogens is 2. The number of amides is 1. The average molecular weight is 418 g/mol. The fraction of sp³-hybridized carbons (Fsp3) is 0.125. The summed E-state index contributed by atoms with van der Waals surface area (Å²) in [6.07, 6.45) is 0.598. The van der Waals surface area contributed by atoms with Crippen molar-refractivity contribution in [3.63, 3.8) is 0 Å². The smallest absolute Gasteiger partial charge is 0.227 e. The van der Waals surface area contributed by atoms with Crippen LogP contribution in [0, 0.1) is 6.92 Å². The van der Waals surface area contributed by atoms with Crippen LogP contribution >= 0.6 is 11.6 Å². The molecule has 1 heterocycles. The molecular formula is C24H20ClN3O2. The predicted octanol–water partition coefficient (Wildman–Crippen LogP) is 5.94. The summed E-state index contributed by atoms with van der Waals surface area (Å²) in [4.78, 5) is 16.7. The lowest BCUT2D eigenvalue weighted by Gasteiger charge is -2.08. The summed E-state index contributed by atoms with van der Waals surface area (Å²) >= 11 is 5.99. The number of halogens is 1. The molecule has 30 heavy (non-hydrogen) atoms. The number of rotatable bonds is 6. The van der Waals surface area contributed by atoms with E-state index in [4.69, 9.17) is 16.1 Å². The van der Waals surface area contributed by atoms with Crippen molar-refractivity contribution in [1.82, 2.24) is 10.1 Å². The van der Waals surface area contributed by atoms with E-state index < -0.39 is 0 Å². The molecule has 0 aliphatic carbocycles. The topological polar surface area (TPSA) is 68.0 Å². The first-order chi connectivity index (χ1) is 14.6. The molecule has 6 heteroatoms. The van der Waals surface area contributed by atoms with Crippen molar-refractivity contribution < 1.29 is 9.32 Å². The molecule has 5 nitrogen and oxygen atoms in total. The molecule has 4 aromatic rings. The Hall–Kier alpha value is -3.44. The molecule has 1 N–H and O–H groups in total. The third-order valence-corrected chi connectivity index (χ3v) is 4.99. The minimum Gasteiger partial charge on any atom is -0.339 e. The second kappa shape index (κ2) is 8.93. The highest BCUT2D eigenvalue weighted by Gasteiger charge is 2.12. The van der Waals surface area contributed by atoms with Gasteiger partial charge in [-0.3, -0.25) is 4.79 Å². The standard InChI is InChI=1S/C24H20ClN3O2/c1-16-7-12-20(25)15-21(16)26-22(29)13-14-23-27-24(28-30-23)19-10-8-18(9-11-19)17-5-3-2-4-6-17/h2-12,15H,13-14H2,1H3,(H,26,29). The van der Waals surface area contributed by atoms with Gasteiger partial charge in [-0.05, 0) is 35.7 Å². The van der Waals surface area contributed by atoms with E-state index in [1.165, 1.54) is 0 Å². The zero-order valence-corrected chi connectivity index (χ0v) is 17.2. The van der Waals surface area contributed by atoms with Gasteiger partial charge < -0.3 is 9.84 Å². The second-order valence-corrected chi connectivity index (χ2v) is 7.40. The van der Waals surface area contributed by atoms with Crippen LogP contribution in [0.5, 0.6) is 0 Å². The third kappa shape index (κ3) is 4.75. The summed E-state index contributed by atoms with van der Waals surface area (Å²) in [5.74, 6) is 0.804. The van der Waals surface area contributed by atoms with Crippen LogP contribution in [0.25, 0.3) is 22.5 Å². The van der Waals surface area contributed by atoms with Gasteiger partial charge in [0.05, 0.1) is 0 Å². The average Bonchev–Trinajstić information content (AvgIpc) is 3.25. The van der Waals surface area contributed by atoms with E-state index in [1.54, 1.807) is 12.1 Å².